The number of hydrogen-bond acceptors (Lipinski definition) is 4. The first-order valence-corrected chi connectivity index (χ1v) is 12.3. The summed E-state index contributed by atoms with van der Waals surface area (Å²) in [4.78, 5) is 14.7. The van der Waals surface area contributed by atoms with E-state index < -0.39 is 6.04 Å². The number of para-hydroxylation sites is 2. The van der Waals surface area contributed by atoms with E-state index in [1.165, 1.54) is 32.1 Å². The quantitative estimate of drug-likeness (QED) is 0.275. The Labute approximate surface area is 198 Å². The molecule has 0 radical (unpaired) electrons. The molecule has 2 heterocycles. The summed E-state index contributed by atoms with van der Waals surface area (Å²) in [5, 5.41) is 13.7. The number of hydrogen-bond donors (Lipinski definition) is 0. The monoisotopic (exact) mass is 458 g/mol. The maximum Gasteiger partial charge on any atom is 0.213 e. The minimum Gasteiger partial charge on any atom is -0.338 e. The number of nitrogens with zero attached hydrogens (tertiary/aromatic N) is 3. The summed E-state index contributed by atoms with van der Waals surface area (Å²) in [5.41, 5.74) is 4.81. The minimum absolute atomic E-state index is 0.0986. The maximum absolute atomic E-state index is 11.3. The number of anilines is 1. The molecule has 6 heteroatoms. The van der Waals surface area contributed by atoms with E-state index in [0.717, 1.165) is 18.5 Å². The lowest BCUT2D eigenvalue weighted by molar-refractivity contribution is -0.646. The molecule has 0 spiro atoms. The zero-order chi connectivity index (χ0) is 22.9. The number of pyridine rings is 1. The van der Waals surface area contributed by atoms with Gasteiger partial charge in [-0.15, -0.1) is 0 Å². The highest BCUT2D eigenvalue weighted by Gasteiger charge is 2.31. The van der Waals surface area contributed by atoms with Crippen molar-refractivity contribution >= 4 is 34.4 Å². The predicted octanol–water partition coefficient (Wildman–Crippen LogP) is 5.97. The Morgan fingerprint density at radius 2 is 1.79 bits per heavy atom. The largest absolute Gasteiger partial charge is 0.338 e. The van der Waals surface area contributed by atoms with Crippen LogP contribution in [0.4, 0.5) is 5.69 Å². The smallest absolute Gasteiger partial charge is 0.213 e. The molecule has 0 amide bonds. The number of aromatic nitrogens is 1. The average Bonchev–Trinajstić information content (AvgIpc) is 3.16. The van der Waals surface area contributed by atoms with Crippen molar-refractivity contribution < 1.29 is 9.49 Å². The van der Waals surface area contributed by atoms with Crippen molar-refractivity contribution in [3.05, 3.63) is 93.2 Å². The molecule has 0 bridgehead atoms. The molecular formula is C27H28N3O2S+. The second kappa shape index (κ2) is 9.02. The van der Waals surface area contributed by atoms with Gasteiger partial charge in [-0.2, -0.15) is 4.57 Å². The van der Waals surface area contributed by atoms with Crippen molar-refractivity contribution in [1.29, 1.82) is 0 Å². The Bertz CT molecular complexity index is 1280. The average molecular weight is 459 g/mol. The zero-order valence-electron chi connectivity index (χ0n) is 19.0. The van der Waals surface area contributed by atoms with Crippen LogP contribution in [0.15, 0.2) is 82.2 Å². The molecule has 2 aliphatic rings. The summed E-state index contributed by atoms with van der Waals surface area (Å²) < 4.78 is 2.23. The number of thioether (sulfide) groups is 1. The number of nitro groups is 1. The molecule has 168 valence electrons. The van der Waals surface area contributed by atoms with E-state index in [1.807, 2.05) is 0 Å². The first-order chi connectivity index (χ1) is 16.0. The Morgan fingerprint density at radius 3 is 2.55 bits per heavy atom. The van der Waals surface area contributed by atoms with Crippen molar-refractivity contribution in [2.24, 2.45) is 13.0 Å². The highest BCUT2D eigenvalue weighted by Crippen LogP contribution is 2.46. The number of rotatable bonds is 4. The molecule has 5 nitrogen and oxygen atoms in total. The van der Waals surface area contributed by atoms with Crippen molar-refractivity contribution in [1.82, 2.24) is 0 Å². The normalized spacial score (nSPS) is 22.1. The van der Waals surface area contributed by atoms with Crippen LogP contribution in [0.2, 0.25) is 0 Å². The van der Waals surface area contributed by atoms with E-state index in [0.29, 0.717) is 18.8 Å². The molecule has 1 aliphatic carbocycles. The van der Waals surface area contributed by atoms with Crippen molar-refractivity contribution in [2.75, 3.05) is 11.9 Å². The van der Waals surface area contributed by atoms with E-state index in [-0.39, 0.29) is 4.92 Å². The van der Waals surface area contributed by atoms with Crippen molar-refractivity contribution in [2.45, 2.75) is 36.6 Å². The first kappa shape index (κ1) is 21.7. The number of aryl methyl sites for hydroxylation is 1. The van der Waals surface area contributed by atoms with Crippen LogP contribution in [-0.2, 0) is 7.05 Å². The lowest BCUT2D eigenvalue weighted by Gasteiger charge is -2.25. The van der Waals surface area contributed by atoms with Gasteiger partial charge in [0.15, 0.2) is 0 Å². The van der Waals surface area contributed by atoms with Crippen LogP contribution in [0.1, 0.15) is 31.4 Å². The summed E-state index contributed by atoms with van der Waals surface area (Å²) in [6, 6.07) is 20.8. The molecule has 5 rings (SSSR count). The fourth-order valence-corrected chi connectivity index (χ4v) is 6.07. The van der Waals surface area contributed by atoms with Gasteiger partial charge >= 0.3 is 0 Å². The molecule has 0 unspecified atom stereocenters. The Morgan fingerprint density at radius 1 is 1.06 bits per heavy atom. The van der Waals surface area contributed by atoms with Gasteiger partial charge in [0.1, 0.15) is 7.05 Å². The van der Waals surface area contributed by atoms with Gasteiger partial charge in [-0.3, -0.25) is 10.1 Å². The molecule has 0 N–H and O–H groups in total. The fraction of sp³-hybridized carbons (Fsp3) is 0.296. The second-order valence-corrected chi connectivity index (χ2v) is 9.98. The molecule has 1 saturated carbocycles. The van der Waals surface area contributed by atoms with Crippen LogP contribution in [0.25, 0.3) is 17.0 Å². The molecule has 3 aromatic rings. The van der Waals surface area contributed by atoms with Crippen LogP contribution >= 0.6 is 11.8 Å². The maximum atomic E-state index is 11.3. The number of benzene rings is 2. The van der Waals surface area contributed by atoms with Gasteiger partial charge in [-0.1, -0.05) is 36.0 Å². The third-order valence-electron chi connectivity index (χ3n) is 6.96. The molecule has 0 atom stereocenters. The van der Waals surface area contributed by atoms with Crippen LogP contribution < -0.4 is 9.47 Å². The van der Waals surface area contributed by atoms with E-state index in [2.05, 4.69) is 96.4 Å². The molecule has 33 heavy (non-hydrogen) atoms. The molecule has 1 fully saturated rings. The van der Waals surface area contributed by atoms with E-state index in [4.69, 9.17) is 0 Å². The summed E-state index contributed by atoms with van der Waals surface area (Å²) in [6.45, 7) is 0. The molecule has 1 aromatic heterocycles. The molecule has 2 aromatic carbocycles. The first-order valence-electron chi connectivity index (χ1n) is 11.5. The third kappa shape index (κ3) is 4.27. The Kier molecular flexibility index (Phi) is 5.94. The van der Waals surface area contributed by atoms with Crippen LogP contribution in [0.5, 0.6) is 0 Å². The van der Waals surface area contributed by atoms with E-state index >= 15 is 0 Å². The molecular weight excluding hydrogens is 430 g/mol. The highest BCUT2D eigenvalue weighted by atomic mass is 32.2. The number of fused-ring (bicyclic) bond motifs is 2. The lowest BCUT2D eigenvalue weighted by Crippen LogP contribution is -2.33. The third-order valence-corrected chi connectivity index (χ3v) is 8.13. The second-order valence-electron chi connectivity index (χ2n) is 8.92. The lowest BCUT2D eigenvalue weighted by atomic mass is 9.81. The zero-order valence-corrected chi connectivity index (χ0v) is 19.8. The molecule has 0 saturated heterocycles. The van der Waals surface area contributed by atoms with E-state index in [9.17, 15) is 10.1 Å². The fourth-order valence-electron chi connectivity index (χ4n) is 4.96. The van der Waals surface area contributed by atoms with Crippen molar-refractivity contribution in [3.63, 3.8) is 0 Å². The van der Waals surface area contributed by atoms with Gasteiger partial charge in [-0.25, -0.2) is 0 Å². The topological polar surface area (TPSA) is 50.3 Å². The van der Waals surface area contributed by atoms with Crippen LogP contribution in [-0.4, -0.2) is 18.0 Å². The van der Waals surface area contributed by atoms with Gasteiger partial charge in [0.2, 0.25) is 17.3 Å². The molecule has 1 aliphatic heterocycles. The predicted molar refractivity (Wildman–Crippen MR) is 135 cm³/mol. The minimum atomic E-state index is -0.403. The van der Waals surface area contributed by atoms with Gasteiger partial charge in [0, 0.05) is 53.3 Å². The van der Waals surface area contributed by atoms with Crippen molar-refractivity contribution in [3.8, 4) is 0 Å². The van der Waals surface area contributed by atoms with Gasteiger partial charge in [0.25, 0.3) is 0 Å². The standard InChI is InChI=1S/C27H28N3O2S/c1-28-23(16-13-20-7-3-4-8-24(20)28)17-21(19-11-14-22(15-12-19)30(31)32)18-27-29(2)25-9-5-6-10-26(25)33-27/h3-10,13,16-19,22H,11-12,14-15H2,1-2H3/q+1. The van der Waals surface area contributed by atoms with Crippen LogP contribution in [0.3, 0.4) is 0 Å². The summed E-state index contributed by atoms with van der Waals surface area (Å²) >= 11 is 1.79. The number of allylic oxidation sites excluding steroid dienone is 2. The van der Waals surface area contributed by atoms with Crippen LogP contribution in [0, 0.1) is 16.0 Å². The summed E-state index contributed by atoms with van der Waals surface area (Å²) in [5.74, 6) is 0.317. The summed E-state index contributed by atoms with van der Waals surface area (Å²) in [7, 11) is 4.22. The SMILES string of the molecule is CN1/C(=C\C(=C\c2ccc3ccccc3[n+]2C)C2CCC([N+](=O)[O-])CC2)Sc2ccccc21. The Balaban J connectivity index is 1.54. The van der Waals surface area contributed by atoms with Gasteiger partial charge < -0.3 is 4.90 Å². The van der Waals surface area contributed by atoms with Gasteiger partial charge in [0.05, 0.1) is 10.7 Å². The Hall–Kier alpha value is -3.12. The van der Waals surface area contributed by atoms with Gasteiger partial charge in [-0.05, 0) is 54.7 Å². The van der Waals surface area contributed by atoms with E-state index in [1.54, 1.807) is 11.8 Å². The highest BCUT2D eigenvalue weighted by molar-refractivity contribution is 8.03. The summed E-state index contributed by atoms with van der Waals surface area (Å²) in [6.07, 6.45) is 7.57.